The third kappa shape index (κ3) is 3.38. The van der Waals surface area contributed by atoms with Crippen LogP contribution in [0, 0.1) is 0 Å². The number of hydrogen-bond acceptors (Lipinski definition) is 5. The minimum absolute atomic E-state index is 0.256. The summed E-state index contributed by atoms with van der Waals surface area (Å²) in [6.07, 6.45) is 0. The van der Waals surface area contributed by atoms with Crippen LogP contribution in [0.15, 0.2) is 37.9 Å². The predicted octanol–water partition coefficient (Wildman–Crippen LogP) is 6.91. The van der Waals surface area contributed by atoms with Crippen LogP contribution < -0.4 is 0 Å². The van der Waals surface area contributed by atoms with Crippen LogP contribution in [0.5, 0.6) is 0 Å². The Hall–Kier alpha value is -0.470. The van der Waals surface area contributed by atoms with E-state index in [4.69, 9.17) is 4.74 Å². The Morgan fingerprint density at radius 1 is 1.00 bits per heavy atom. The summed E-state index contributed by atoms with van der Waals surface area (Å²) in [5, 5.41) is 0. The third-order valence-electron chi connectivity index (χ3n) is 2.85. The van der Waals surface area contributed by atoms with Gasteiger partial charge in [0.05, 0.1) is 14.2 Å². The first-order valence-corrected chi connectivity index (χ1v) is 10.4. The first-order chi connectivity index (χ1) is 10.6. The Balaban J connectivity index is 2.10. The van der Waals surface area contributed by atoms with Crippen LogP contribution in [-0.2, 0) is 4.74 Å². The molecular weight excluding hydrogens is 468 g/mol. The van der Waals surface area contributed by atoms with Crippen molar-refractivity contribution in [1.29, 1.82) is 0 Å². The topological polar surface area (TPSA) is 26.3 Å². The van der Waals surface area contributed by atoms with E-state index in [2.05, 4.69) is 44.0 Å². The quantitative estimate of drug-likeness (QED) is 0.381. The summed E-state index contributed by atoms with van der Waals surface area (Å²) in [6, 6.07) is 10.2. The number of carbonyl (C=O) groups is 1. The van der Waals surface area contributed by atoms with E-state index in [-0.39, 0.29) is 5.97 Å². The zero-order valence-electron chi connectivity index (χ0n) is 11.4. The first-order valence-electron chi connectivity index (χ1n) is 6.41. The van der Waals surface area contributed by atoms with Gasteiger partial charge in [-0.25, -0.2) is 4.79 Å². The molecule has 7 heteroatoms. The molecule has 0 amide bonds. The van der Waals surface area contributed by atoms with Crippen LogP contribution in [0.1, 0.15) is 16.6 Å². The molecule has 3 aromatic rings. The Morgan fingerprint density at radius 3 is 2.18 bits per heavy atom. The van der Waals surface area contributed by atoms with Crippen LogP contribution in [0.3, 0.4) is 0 Å². The first kappa shape index (κ1) is 16.4. The van der Waals surface area contributed by atoms with E-state index < -0.39 is 0 Å². The van der Waals surface area contributed by atoms with Crippen LogP contribution >= 0.6 is 65.9 Å². The summed E-state index contributed by atoms with van der Waals surface area (Å²) in [6.45, 7) is 2.20. The van der Waals surface area contributed by atoms with Crippen molar-refractivity contribution in [2.45, 2.75) is 6.92 Å². The standard InChI is InChI=1S/C15H10Br2O2S3/c1-2-19-15(18)14-8(9-3-5-12(16)20-9)7-11(22-14)10-4-6-13(17)21-10/h3-7H,2H2,1H3. The number of esters is 1. The zero-order valence-corrected chi connectivity index (χ0v) is 17.0. The van der Waals surface area contributed by atoms with Crippen molar-refractivity contribution in [2.24, 2.45) is 0 Å². The van der Waals surface area contributed by atoms with Gasteiger partial charge in [0.1, 0.15) is 4.88 Å². The van der Waals surface area contributed by atoms with Gasteiger partial charge >= 0.3 is 5.97 Å². The van der Waals surface area contributed by atoms with Crippen LogP contribution in [0.25, 0.3) is 20.2 Å². The maximum absolute atomic E-state index is 12.3. The van der Waals surface area contributed by atoms with Gasteiger partial charge in [-0.3, -0.25) is 0 Å². The molecule has 0 aliphatic rings. The highest BCUT2D eigenvalue weighted by atomic mass is 79.9. The molecule has 3 rings (SSSR count). The fourth-order valence-electron chi connectivity index (χ4n) is 1.95. The molecule has 114 valence electrons. The average Bonchev–Trinajstić information content (AvgIpc) is 3.17. The molecule has 0 saturated carbocycles. The molecule has 3 aromatic heterocycles. The number of hydrogen-bond donors (Lipinski definition) is 0. The molecule has 0 fully saturated rings. The van der Waals surface area contributed by atoms with Crippen molar-refractivity contribution < 1.29 is 9.53 Å². The van der Waals surface area contributed by atoms with Gasteiger partial charge in [0, 0.05) is 20.2 Å². The lowest BCUT2D eigenvalue weighted by molar-refractivity contribution is 0.0533. The Morgan fingerprint density at radius 2 is 1.64 bits per heavy atom. The number of ether oxygens (including phenoxy) is 1. The predicted molar refractivity (Wildman–Crippen MR) is 102 cm³/mol. The van der Waals surface area contributed by atoms with E-state index in [1.54, 1.807) is 22.7 Å². The summed E-state index contributed by atoms with van der Waals surface area (Å²) in [5.41, 5.74) is 0.943. The summed E-state index contributed by atoms with van der Waals surface area (Å²) < 4.78 is 7.33. The summed E-state index contributed by atoms with van der Waals surface area (Å²) in [5.74, 6) is -0.256. The second kappa shape index (κ2) is 6.97. The van der Waals surface area contributed by atoms with Gasteiger partial charge in [-0.05, 0) is 69.1 Å². The van der Waals surface area contributed by atoms with Crippen molar-refractivity contribution in [2.75, 3.05) is 6.61 Å². The van der Waals surface area contributed by atoms with Gasteiger partial charge in [-0.2, -0.15) is 0 Å². The fraction of sp³-hybridized carbons (Fsp3) is 0.133. The van der Waals surface area contributed by atoms with Crippen molar-refractivity contribution in [3.05, 3.63) is 42.8 Å². The minimum atomic E-state index is -0.256. The van der Waals surface area contributed by atoms with Crippen molar-refractivity contribution in [3.8, 4) is 20.2 Å². The van der Waals surface area contributed by atoms with E-state index in [0.29, 0.717) is 11.5 Å². The summed E-state index contributed by atoms with van der Waals surface area (Å²) in [4.78, 5) is 16.2. The maximum Gasteiger partial charge on any atom is 0.348 e. The number of rotatable bonds is 4. The smallest absolute Gasteiger partial charge is 0.348 e. The Bertz CT molecular complexity index is 816. The van der Waals surface area contributed by atoms with Crippen LogP contribution in [-0.4, -0.2) is 12.6 Å². The number of thiophene rings is 3. The molecule has 3 heterocycles. The molecule has 0 aliphatic heterocycles. The van der Waals surface area contributed by atoms with E-state index in [1.807, 2.05) is 25.1 Å². The molecule has 0 N–H and O–H groups in total. The summed E-state index contributed by atoms with van der Waals surface area (Å²) in [7, 11) is 0. The zero-order chi connectivity index (χ0) is 15.7. The monoisotopic (exact) mass is 476 g/mol. The molecule has 0 bridgehead atoms. The molecule has 2 nitrogen and oxygen atoms in total. The Labute approximate surface area is 157 Å². The molecule has 0 spiro atoms. The number of halogens is 2. The highest BCUT2D eigenvalue weighted by molar-refractivity contribution is 9.11. The molecule has 0 aromatic carbocycles. The van der Waals surface area contributed by atoms with Gasteiger partial charge in [0.25, 0.3) is 0 Å². The second-order valence-electron chi connectivity index (χ2n) is 4.28. The van der Waals surface area contributed by atoms with Gasteiger partial charge in [-0.15, -0.1) is 34.0 Å². The van der Waals surface area contributed by atoms with Crippen LogP contribution in [0.4, 0.5) is 0 Å². The Kier molecular flexibility index (Phi) is 5.19. The van der Waals surface area contributed by atoms with E-state index >= 15 is 0 Å². The molecule has 22 heavy (non-hydrogen) atoms. The SMILES string of the molecule is CCOC(=O)c1sc(-c2ccc(Br)s2)cc1-c1ccc(Br)s1. The molecule has 0 radical (unpaired) electrons. The normalized spacial score (nSPS) is 10.9. The van der Waals surface area contributed by atoms with Crippen molar-refractivity contribution in [1.82, 2.24) is 0 Å². The lowest BCUT2D eigenvalue weighted by Gasteiger charge is -2.01. The van der Waals surface area contributed by atoms with Gasteiger partial charge in [0.15, 0.2) is 0 Å². The van der Waals surface area contributed by atoms with Gasteiger partial charge in [-0.1, -0.05) is 0 Å². The molecule has 0 atom stereocenters. The lowest BCUT2D eigenvalue weighted by Crippen LogP contribution is -2.03. The van der Waals surface area contributed by atoms with Crippen LogP contribution in [0.2, 0.25) is 0 Å². The van der Waals surface area contributed by atoms with E-state index in [9.17, 15) is 4.79 Å². The highest BCUT2D eigenvalue weighted by Crippen LogP contribution is 2.43. The second-order valence-corrected chi connectivity index (χ2v) is 10.3. The largest absolute Gasteiger partial charge is 0.462 e. The van der Waals surface area contributed by atoms with E-state index in [0.717, 1.165) is 27.8 Å². The molecule has 0 unspecified atom stereocenters. The molecule has 0 aliphatic carbocycles. The average molecular weight is 478 g/mol. The summed E-state index contributed by atoms with van der Waals surface area (Å²) >= 11 is 11.7. The third-order valence-corrected chi connectivity index (χ3v) is 7.44. The molecular formula is C15H10Br2O2S3. The lowest BCUT2D eigenvalue weighted by atomic mass is 10.2. The van der Waals surface area contributed by atoms with Crippen molar-refractivity contribution in [3.63, 3.8) is 0 Å². The minimum Gasteiger partial charge on any atom is -0.462 e. The van der Waals surface area contributed by atoms with Gasteiger partial charge in [0.2, 0.25) is 0 Å². The van der Waals surface area contributed by atoms with Crippen molar-refractivity contribution >= 4 is 71.8 Å². The van der Waals surface area contributed by atoms with Gasteiger partial charge < -0.3 is 4.74 Å². The maximum atomic E-state index is 12.3. The fourth-order valence-corrected chi connectivity index (χ4v) is 5.96. The number of carbonyl (C=O) groups excluding carboxylic acids is 1. The van der Waals surface area contributed by atoms with E-state index in [1.165, 1.54) is 11.3 Å². The highest BCUT2D eigenvalue weighted by Gasteiger charge is 2.21. The molecule has 0 saturated heterocycles.